The molecule has 0 fully saturated rings. The van der Waals surface area contributed by atoms with Gasteiger partial charge in [0.15, 0.2) is 0 Å². The summed E-state index contributed by atoms with van der Waals surface area (Å²) < 4.78 is 10.2. The van der Waals surface area contributed by atoms with Gasteiger partial charge in [0.2, 0.25) is 0 Å². The third kappa shape index (κ3) is 3.15. The molecule has 1 N–H and O–H groups in total. The minimum atomic E-state index is -0.484. The summed E-state index contributed by atoms with van der Waals surface area (Å²) in [5.41, 5.74) is 1.51. The van der Waals surface area contributed by atoms with Crippen LogP contribution in [-0.2, 0) is 4.74 Å². The highest BCUT2D eigenvalue weighted by molar-refractivity contribution is 5.94. The SMILES string of the molecule is COC(=O)c1ccc(C(=O)N[C@@H]2CCOc3ccccc32)nc1. The van der Waals surface area contributed by atoms with Crippen LogP contribution >= 0.6 is 0 Å². The third-order valence-corrected chi connectivity index (χ3v) is 3.68. The first kappa shape index (κ1) is 15.0. The molecule has 1 aliphatic heterocycles. The van der Waals surface area contributed by atoms with Crippen LogP contribution in [0.3, 0.4) is 0 Å². The van der Waals surface area contributed by atoms with Crippen LogP contribution in [0, 0.1) is 0 Å². The van der Waals surface area contributed by atoms with Gasteiger partial charge >= 0.3 is 5.97 Å². The van der Waals surface area contributed by atoms with Crippen molar-refractivity contribution in [3.05, 3.63) is 59.4 Å². The lowest BCUT2D eigenvalue weighted by atomic mass is 10.0. The van der Waals surface area contributed by atoms with E-state index >= 15 is 0 Å². The number of pyridine rings is 1. The van der Waals surface area contributed by atoms with Gasteiger partial charge in [-0.2, -0.15) is 0 Å². The molecule has 0 saturated carbocycles. The summed E-state index contributed by atoms with van der Waals surface area (Å²) in [5, 5.41) is 2.96. The Hall–Kier alpha value is -2.89. The molecule has 1 atom stereocenters. The highest BCUT2D eigenvalue weighted by Gasteiger charge is 2.23. The quantitative estimate of drug-likeness (QED) is 0.878. The van der Waals surface area contributed by atoms with Gasteiger partial charge in [-0.3, -0.25) is 9.78 Å². The van der Waals surface area contributed by atoms with Crippen molar-refractivity contribution in [2.24, 2.45) is 0 Å². The van der Waals surface area contributed by atoms with Gasteiger partial charge in [-0.05, 0) is 18.2 Å². The molecule has 2 heterocycles. The zero-order valence-electron chi connectivity index (χ0n) is 12.6. The summed E-state index contributed by atoms with van der Waals surface area (Å²) >= 11 is 0. The Morgan fingerprint density at radius 3 is 2.83 bits per heavy atom. The molecular formula is C17H16N2O4. The van der Waals surface area contributed by atoms with Crippen LogP contribution in [0.1, 0.15) is 38.9 Å². The van der Waals surface area contributed by atoms with Crippen molar-refractivity contribution in [3.63, 3.8) is 0 Å². The molecule has 2 aromatic rings. The van der Waals surface area contributed by atoms with E-state index in [2.05, 4.69) is 15.0 Å². The summed E-state index contributed by atoms with van der Waals surface area (Å²) in [4.78, 5) is 27.7. The highest BCUT2D eigenvalue weighted by atomic mass is 16.5. The number of hydrogen-bond acceptors (Lipinski definition) is 5. The molecule has 3 rings (SSSR count). The van der Waals surface area contributed by atoms with E-state index in [0.717, 1.165) is 11.3 Å². The number of carbonyl (C=O) groups is 2. The molecular weight excluding hydrogens is 296 g/mol. The second kappa shape index (κ2) is 6.48. The number of fused-ring (bicyclic) bond motifs is 1. The third-order valence-electron chi connectivity index (χ3n) is 3.68. The molecule has 0 saturated heterocycles. The van der Waals surface area contributed by atoms with Crippen molar-refractivity contribution in [2.75, 3.05) is 13.7 Å². The van der Waals surface area contributed by atoms with Gasteiger partial charge in [-0.15, -0.1) is 0 Å². The molecule has 0 unspecified atom stereocenters. The zero-order valence-corrected chi connectivity index (χ0v) is 12.6. The minimum absolute atomic E-state index is 0.116. The van der Waals surface area contributed by atoms with Crippen LogP contribution in [-0.4, -0.2) is 30.6 Å². The average Bonchev–Trinajstić information content (AvgIpc) is 2.61. The fourth-order valence-corrected chi connectivity index (χ4v) is 2.49. The lowest BCUT2D eigenvalue weighted by molar-refractivity contribution is 0.0599. The second-order valence-corrected chi connectivity index (χ2v) is 5.12. The molecule has 1 amide bonds. The van der Waals surface area contributed by atoms with E-state index in [0.29, 0.717) is 18.6 Å². The number of aromatic nitrogens is 1. The Bertz CT molecular complexity index is 728. The number of esters is 1. The van der Waals surface area contributed by atoms with E-state index in [1.165, 1.54) is 25.4 Å². The maximum atomic E-state index is 12.3. The Kier molecular flexibility index (Phi) is 4.23. The summed E-state index contributed by atoms with van der Waals surface area (Å²) in [6.07, 6.45) is 2.03. The number of methoxy groups -OCH3 is 1. The van der Waals surface area contributed by atoms with Gasteiger partial charge in [0, 0.05) is 18.2 Å². The number of carbonyl (C=O) groups excluding carboxylic acids is 2. The van der Waals surface area contributed by atoms with Crippen molar-refractivity contribution < 1.29 is 19.1 Å². The molecule has 118 valence electrons. The number of hydrogen-bond donors (Lipinski definition) is 1. The number of benzene rings is 1. The standard InChI is InChI=1S/C17H16N2O4/c1-22-17(21)11-6-7-14(18-10-11)16(20)19-13-8-9-23-15-5-3-2-4-12(13)15/h2-7,10,13H,8-9H2,1H3,(H,19,20)/t13-/m1/s1. The highest BCUT2D eigenvalue weighted by Crippen LogP contribution is 2.31. The minimum Gasteiger partial charge on any atom is -0.493 e. The molecule has 0 radical (unpaired) electrons. The fourth-order valence-electron chi connectivity index (χ4n) is 2.49. The molecule has 6 nitrogen and oxygen atoms in total. The Morgan fingerprint density at radius 2 is 2.09 bits per heavy atom. The maximum absolute atomic E-state index is 12.3. The van der Waals surface area contributed by atoms with Gasteiger partial charge in [0.25, 0.3) is 5.91 Å². The summed E-state index contributed by atoms with van der Waals surface area (Å²) in [6, 6.07) is 10.5. The monoisotopic (exact) mass is 312 g/mol. The van der Waals surface area contributed by atoms with E-state index in [4.69, 9.17) is 4.74 Å². The fraction of sp³-hybridized carbons (Fsp3) is 0.235. The summed E-state index contributed by atoms with van der Waals surface area (Å²) in [5.74, 6) is 0.0176. The molecule has 0 bridgehead atoms. The smallest absolute Gasteiger partial charge is 0.339 e. The van der Waals surface area contributed by atoms with E-state index in [9.17, 15) is 9.59 Å². The number of ether oxygens (including phenoxy) is 2. The van der Waals surface area contributed by atoms with Crippen molar-refractivity contribution in [3.8, 4) is 5.75 Å². The second-order valence-electron chi connectivity index (χ2n) is 5.12. The number of rotatable bonds is 3. The molecule has 6 heteroatoms. The lowest BCUT2D eigenvalue weighted by Gasteiger charge is -2.26. The van der Waals surface area contributed by atoms with E-state index in [-0.39, 0.29) is 17.6 Å². The zero-order chi connectivity index (χ0) is 16.2. The first-order valence-corrected chi connectivity index (χ1v) is 7.26. The van der Waals surface area contributed by atoms with E-state index in [1.54, 1.807) is 0 Å². The number of nitrogens with one attached hydrogen (secondary N) is 1. The predicted molar refractivity (Wildman–Crippen MR) is 82.3 cm³/mol. The van der Waals surface area contributed by atoms with Gasteiger partial charge < -0.3 is 14.8 Å². The number of para-hydroxylation sites is 1. The summed E-state index contributed by atoms with van der Waals surface area (Å²) in [7, 11) is 1.30. The van der Waals surface area contributed by atoms with Crippen LogP contribution in [0.15, 0.2) is 42.6 Å². The van der Waals surface area contributed by atoms with Crippen LogP contribution in [0.4, 0.5) is 0 Å². The topological polar surface area (TPSA) is 77.5 Å². The largest absolute Gasteiger partial charge is 0.493 e. The van der Waals surface area contributed by atoms with E-state index < -0.39 is 5.97 Å². The molecule has 1 aromatic carbocycles. The van der Waals surface area contributed by atoms with Crippen molar-refractivity contribution >= 4 is 11.9 Å². The Labute approximate surface area is 133 Å². The molecule has 1 aliphatic rings. The maximum Gasteiger partial charge on any atom is 0.339 e. The normalized spacial score (nSPS) is 16.0. The number of nitrogens with zero attached hydrogens (tertiary/aromatic N) is 1. The van der Waals surface area contributed by atoms with Crippen LogP contribution in [0.5, 0.6) is 5.75 Å². The van der Waals surface area contributed by atoms with Gasteiger partial charge in [-0.1, -0.05) is 18.2 Å². The van der Waals surface area contributed by atoms with Crippen molar-refractivity contribution in [1.29, 1.82) is 0 Å². The van der Waals surface area contributed by atoms with Gasteiger partial charge in [0.05, 0.1) is 25.3 Å². The van der Waals surface area contributed by atoms with Crippen LogP contribution in [0.25, 0.3) is 0 Å². The average molecular weight is 312 g/mol. The van der Waals surface area contributed by atoms with Gasteiger partial charge in [0.1, 0.15) is 11.4 Å². The first-order valence-electron chi connectivity index (χ1n) is 7.26. The van der Waals surface area contributed by atoms with Crippen LogP contribution < -0.4 is 10.1 Å². The van der Waals surface area contributed by atoms with E-state index in [1.807, 2.05) is 24.3 Å². The molecule has 23 heavy (non-hydrogen) atoms. The Balaban J connectivity index is 1.74. The predicted octanol–water partition coefficient (Wildman–Crippen LogP) is 2.12. The number of amides is 1. The Morgan fingerprint density at radius 1 is 1.26 bits per heavy atom. The summed E-state index contributed by atoms with van der Waals surface area (Å²) in [6.45, 7) is 0.552. The van der Waals surface area contributed by atoms with Crippen molar-refractivity contribution in [1.82, 2.24) is 10.3 Å². The van der Waals surface area contributed by atoms with Crippen LogP contribution in [0.2, 0.25) is 0 Å². The molecule has 0 aliphatic carbocycles. The molecule has 1 aromatic heterocycles. The molecule has 0 spiro atoms. The van der Waals surface area contributed by atoms with Crippen molar-refractivity contribution in [2.45, 2.75) is 12.5 Å². The first-order chi connectivity index (χ1) is 11.2. The van der Waals surface area contributed by atoms with Gasteiger partial charge in [-0.25, -0.2) is 4.79 Å². The lowest BCUT2D eigenvalue weighted by Crippen LogP contribution is -2.32.